The Morgan fingerprint density at radius 1 is 1.24 bits per heavy atom. The van der Waals surface area contributed by atoms with Crippen molar-refractivity contribution < 1.29 is 18.0 Å². The Balaban J connectivity index is 1.43. The predicted molar refractivity (Wildman–Crippen MR) is 121 cm³/mol. The number of aromatic nitrogens is 1. The molecule has 1 amide bonds. The maximum atomic E-state index is 13.9. The maximum Gasteiger partial charge on any atom is 0.391 e. The van der Waals surface area contributed by atoms with Crippen LogP contribution in [0.5, 0.6) is 0 Å². The van der Waals surface area contributed by atoms with Crippen molar-refractivity contribution in [2.45, 2.75) is 56.3 Å². The molecule has 0 bridgehead atoms. The number of hydrogen-bond acceptors (Lipinski definition) is 5. The highest BCUT2D eigenvalue weighted by molar-refractivity contribution is 7.11. The van der Waals surface area contributed by atoms with Crippen LogP contribution in [-0.2, 0) is 16.8 Å². The van der Waals surface area contributed by atoms with E-state index in [-0.39, 0.29) is 11.8 Å². The second kappa shape index (κ2) is 8.67. The van der Waals surface area contributed by atoms with Gasteiger partial charge < -0.3 is 15.5 Å². The number of carbonyl (C=O) groups is 1. The summed E-state index contributed by atoms with van der Waals surface area (Å²) in [5.41, 5.74) is 1.58. The number of fused-ring (bicyclic) bond motifs is 2. The lowest BCUT2D eigenvalue weighted by atomic mass is 9.73. The van der Waals surface area contributed by atoms with Gasteiger partial charge in [-0.15, -0.1) is 11.3 Å². The summed E-state index contributed by atoms with van der Waals surface area (Å²) in [6.07, 6.45) is -4.26. The number of carbonyl (C=O) groups excluding carboxylic acids is 1. The number of rotatable bonds is 3. The number of amides is 1. The third kappa shape index (κ3) is 4.31. The molecule has 3 aliphatic heterocycles. The lowest BCUT2D eigenvalue weighted by molar-refractivity contribution is -0.160. The van der Waals surface area contributed by atoms with E-state index in [0.717, 1.165) is 21.1 Å². The van der Waals surface area contributed by atoms with E-state index in [0.29, 0.717) is 45.6 Å². The molecule has 33 heavy (non-hydrogen) atoms. The number of nitrogens with zero attached hydrogens (tertiary/aromatic N) is 2. The number of thiazole rings is 1. The van der Waals surface area contributed by atoms with Crippen molar-refractivity contribution in [3.05, 3.63) is 51.5 Å². The predicted octanol–water partition coefficient (Wildman–Crippen LogP) is 3.74. The number of benzene rings is 1. The fourth-order valence-corrected chi connectivity index (χ4v) is 7.18. The fourth-order valence-electron chi connectivity index (χ4n) is 6.00. The number of alkyl halides is 3. The zero-order valence-electron chi connectivity index (χ0n) is 18.6. The first-order chi connectivity index (χ1) is 15.8. The molecule has 9 heteroatoms. The van der Waals surface area contributed by atoms with Crippen LogP contribution >= 0.6 is 11.3 Å². The largest absolute Gasteiger partial charge is 0.391 e. The summed E-state index contributed by atoms with van der Waals surface area (Å²) in [5.74, 6) is -0.514. The first-order valence-corrected chi connectivity index (χ1v) is 12.4. The smallest absolute Gasteiger partial charge is 0.339 e. The fraction of sp³-hybridized carbons (Fsp3) is 0.583. The quantitative estimate of drug-likeness (QED) is 0.706. The second-order valence-corrected chi connectivity index (χ2v) is 10.8. The summed E-state index contributed by atoms with van der Waals surface area (Å²) in [6.45, 7) is 4.73. The molecule has 1 aromatic carbocycles. The Labute approximate surface area is 195 Å². The lowest BCUT2D eigenvalue weighted by Crippen LogP contribution is -2.56. The number of piperidine rings is 1. The van der Waals surface area contributed by atoms with Crippen LogP contribution in [0.1, 0.15) is 46.3 Å². The number of likely N-dealkylation sites (tertiary alicyclic amines) is 1. The molecule has 4 heterocycles. The minimum Gasteiger partial charge on any atom is -0.339 e. The Kier molecular flexibility index (Phi) is 5.99. The van der Waals surface area contributed by atoms with Crippen LogP contribution in [0, 0.1) is 12.8 Å². The normalized spacial score (nSPS) is 29.9. The molecule has 0 unspecified atom stereocenters. The van der Waals surface area contributed by atoms with Crippen LogP contribution in [0.3, 0.4) is 0 Å². The molecule has 5 nitrogen and oxygen atoms in total. The minimum absolute atomic E-state index is 0.0327. The number of halogens is 3. The summed E-state index contributed by atoms with van der Waals surface area (Å²) in [6, 6.07) is 8.87. The Morgan fingerprint density at radius 3 is 2.76 bits per heavy atom. The van der Waals surface area contributed by atoms with Crippen molar-refractivity contribution in [2.24, 2.45) is 5.92 Å². The van der Waals surface area contributed by atoms with E-state index in [1.165, 1.54) is 0 Å². The molecule has 2 saturated heterocycles. The van der Waals surface area contributed by atoms with Gasteiger partial charge in [0.25, 0.3) is 0 Å². The van der Waals surface area contributed by atoms with Gasteiger partial charge in [0.2, 0.25) is 5.91 Å². The van der Waals surface area contributed by atoms with Gasteiger partial charge in [0.15, 0.2) is 0 Å². The van der Waals surface area contributed by atoms with Gasteiger partial charge in [-0.1, -0.05) is 30.3 Å². The molecule has 1 aromatic heterocycles. The molecular weight excluding hydrogens is 449 g/mol. The highest BCUT2D eigenvalue weighted by Crippen LogP contribution is 2.45. The molecule has 5 rings (SSSR count). The van der Waals surface area contributed by atoms with Crippen molar-refractivity contribution in [3.63, 3.8) is 0 Å². The third-order valence-corrected chi connectivity index (χ3v) is 8.71. The van der Waals surface area contributed by atoms with Gasteiger partial charge in [0, 0.05) is 49.1 Å². The summed E-state index contributed by atoms with van der Waals surface area (Å²) in [5, 5.41) is 7.73. The molecule has 4 atom stereocenters. The maximum absolute atomic E-state index is 13.9. The van der Waals surface area contributed by atoms with Gasteiger partial charge in [-0.3, -0.25) is 4.79 Å². The van der Waals surface area contributed by atoms with Crippen molar-refractivity contribution in [1.29, 1.82) is 0 Å². The van der Waals surface area contributed by atoms with E-state index in [1.54, 1.807) is 16.2 Å². The molecule has 2 aromatic rings. The third-order valence-electron chi connectivity index (χ3n) is 7.48. The average molecular weight is 479 g/mol. The van der Waals surface area contributed by atoms with Crippen molar-refractivity contribution >= 4 is 17.2 Å². The van der Waals surface area contributed by atoms with Gasteiger partial charge in [-0.2, -0.15) is 13.2 Å². The molecule has 2 fully saturated rings. The number of hydrogen-bond donors (Lipinski definition) is 2. The second-order valence-electron chi connectivity index (χ2n) is 9.59. The minimum atomic E-state index is -4.32. The molecule has 0 aliphatic carbocycles. The lowest BCUT2D eigenvalue weighted by Gasteiger charge is -2.44. The number of nitrogens with one attached hydrogen (secondary N) is 2. The molecule has 178 valence electrons. The zero-order chi connectivity index (χ0) is 23.2. The summed E-state index contributed by atoms with van der Waals surface area (Å²) in [4.78, 5) is 21.2. The van der Waals surface area contributed by atoms with Crippen LogP contribution in [0.25, 0.3) is 0 Å². The van der Waals surface area contributed by atoms with Crippen molar-refractivity contribution in [3.8, 4) is 0 Å². The first kappa shape index (κ1) is 22.8. The summed E-state index contributed by atoms with van der Waals surface area (Å²) < 4.78 is 40.7. The molecule has 2 N–H and O–H groups in total. The van der Waals surface area contributed by atoms with Crippen molar-refractivity contribution in [2.75, 3.05) is 26.2 Å². The van der Waals surface area contributed by atoms with E-state index in [1.807, 2.05) is 37.3 Å². The Hall–Kier alpha value is -1.97. The number of aryl methyl sites for hydroxylation is 1. The summed E-state index contributed by atoms with van der Waals surface area (Å²) in [7, 11) is 0. The topological polar surface area (TPSA) is 57.3 Å². The summed E-state index contributed by atoms with van der Waals surface area (Å²) >= 11 is 1.62. The van der Waals surface area contributed by atoms with Gasteiger partial charge in [0.05, 0.1) is 23.0 Å². The van der Waals surface area contributed by atoms with Gasteiger partial charge in [-0.25, -0.2) is 4.98 Å². The van der Waals surface area contributed by atoms with Crippen LogP contribution in [-0.4, -0.2) is 54.2 Å². The molecular formula is C24H29F3N4OS. The van der Waals surface area contributed by atoms with Crippen LogP contribution < -0.4 is 10.6 Å². The van der Waals surface area contributed by atoms with Crippen LogP contribution in [0.2, 0.25) is 0 Å². The van der Waals surface area contributed by atoms with Gasteiger partial charge in [-0.05, 0) is 31.2 Å². The SMILES string of the molecule is Cc1nc2c(s1)[C@]1(CNC2)CNC[C@H]1C(=O)N1CC[C@@H](c2ccccc2)C[C@H]1CC(F)(F)F. The molecule has 0 radical (unpaired) electrons. The first-order valence-electron chi connectivity index (χ1n) is 11.6. The Bertz CT molecular complexity index is 1010. The standard InChI is InChI=1S/C24H29F3N4OS/c1-15-30-20-12-29-14-23(21(20)33-15)13-28-11-19(23)22(32)31-8-7-17(16-5-3-2-4-6-16)9-18(31)10-24(25,26)27/h2-6,17-19,28-29H,7-14H2,1H3/t17-,18+,19+,23+/m1/s1. The Morgan fingerprint density at radius 2 is 2.00 bits per heavy atom. The highest BCUT2D eigenvalue weighted by atomic mass is 32.1. The monoisotopic (exact) mass is 478 g/mol. The molecule has 0 saturated carbocycles. The van der Waals surface area contributed by atoms with E-state index in [9.17, 15) is 18.0 Å². The molecule has 1 spiro atoms. The van der Waals surface area contributed by atoms with E-state index in [2.05, 4.69) is 15.6 Å². The van der Waals surface area contributed by atoms with Gasteiger partial charge >= 0.3 is 6.18 Å². The van der Waals surface area contributed by atoms with Crippen LogP contribution in [0.4, 0.5) is 13.2 Å². The zero-order valence-corrected chi connectivity index (χ0v) is 19.4. The average Bonchev–Trinajstić information content (AvgIpc) is 3.37. The van der Waals surface area contributed by atoms with E-state index < -0.39 is 30.0 Å². The van der Waals surface area contributed by atoms with Crippen molar-refractivity contribution in [1.82, 2.24) is 20.5 Å². The van der Waals surface area contributed by atoms with E-state index in [4.69, 9.17) is 0 Å². The highest BCUT2D eigenvalue weighted by Gasteiger charge is 2.54. The van der Waals surface area contributed by atoms with Gasteiger partial charge in [0.1, 0.15) is 0 Å². The molecule has 3 aliphatic rings. The van der Waals surface area contributed by atoms with E-state index >= 15 is 0 Å². The van der Waals surface area contributed by atoms with Crippen LogP contribution in [0.15, 0.2) is 30.3 Å².